The normalized spacial score (nSPS) is 12.6. The van der Waals surface area contributed by atoms with E-state index in [0.717, 1.165) is 17.1 Å². The zero-order valence-electron chi connectivity index (χ0n) is 17.5. The van der Waals surface area contributed by atoms with Crippen LogP contribution in [0.1, 0.15) is 25.5 Å². The van der Waals surface area contributed by atoms with Gasteiger partial charge >= 0.3 is 0 Å². The minimum atomic E-state index is -3.48. The van der Waals surface area contributed by atoms with Crippen LogP contribution in [-0.4, -0.2) is 48.2 Å². The number of benzene rings is 1. The van der Waals surface area contributed by atoms with Crippen molar-refractivity contribution in [1.29, 1.82) is 0 Å². The molecule has 0 aliphatic carbocycles. The Hall–Kier alpha value is -1.57. The fourth-order valence-corrected chi connectivity index (χ4v) is 4.67. The monoisotopic (exact) mass is 568 g/mol. The van der Waals surface area contributed by atoms with E-state index < -0.39 is 10.0 Å². The van der Waals surface area contributed by atoms with Gasteiger partial charge in [-0.1, -0.05) is 6.07 Å². The summed E-state index contributed by atoms with van der Waals surface area (Å²) < 4.78 is 37.9. The molecule has 0 amide bonds. The maximum absolute atomic E-state index is 12.2. The summed E-state index contributed by atoms with van der Waals surface area (Å²) in [6.45, 7) is 5.13. The van der Waals surface area contributed by atoms with Crippen LogP contribution in [0.3, 0.4) is 0 Å². The van der Waals surface area contributed by atoms with Crippen molar-refractivity contribution >= 4 is 51.3 Å². The molecule has 1 heterocycles. The van der Waals surface area contributed by atoms with E-state index in [2.05, 4.69) is 20.3 Å². The van der Waals surface area contributed by atoms with E-state index in [1.165, 1.54) is 11.3 Å². The van der Waals surface area contributed by atoms with Crippen LogP contribution in [0.4, 0.5) is 0 Å². The number of aliphatic imine (C=N–C) groups is 1. The van der Waals surface area contributed by atoms with Crippen LogP contribution < -0.4 is 24.8 Å². The van der Waals surface area contributed by atoms with Gasteiger partial charge in [-0.2, -0.15) is 0 Å². The predicted octanol–water partition coefficient (Wildman–Crippen LogP) is 2.98. The molecule has 0 bridgehead atoms. The number of halogens is 1. The summed E-state index contributed by atoms with van der Waals surface area (Å²) in [4.78, 5) is 4.46. The van der Waals surface area contributed by atoms with E-state index >= 15 is 0 Å². The van der Waals surface area contributed by atoms with Crippen LogP contribution in [0.5, 0.6) is 11.5 Å². The zero-order valence-corrected chi connectivity index (χ0v) is 21.4. The lowest BCUT2D eigenvalue weighted by molar-refractivity contribution is 0.394. The van der Waals surface area contributed by atoms with E-state index in [-0.39, 0.29) is 36.6 Å². The van der Waals surface area contributed by atoms with Gasteiger partial charge in [0.15, 0.2) is 5.96 Å². The van der Waals surface area contributed by atoms with Gasteiger partial charge in [0.25, 0.3) is 0 Å². The first-order valence-electron chi connectivity index (χ1n) is 9.21. The van der Waals surface area contributed by atoms with Gasteiger partial charge in [-0.3, -0.25) is 4.99 Å². The summed E-state index contributed by atoms with van der Waals surface area (Å²) in [6.07, 6.45) is 0. The van der Waals surface area contributed by atoms with Crippen molar-refractivity contribution in [3.63, 3.8) is 0 Å². The number of nitrogens with zero attached hydrogens (tertiary/aromatic N) is 1. The molecule has 168 valence electrons. The van der Waals surface area contributed by atoms with Crippen molar-refractivity contribution in [3.05, 3.63) is 41.3 Å². The standard InChI is InChI=1S/C19H28N4O4S2.HI/c1-5-20-19(21-10-11-22-29(24,25)18-7-6-12-28-18)23-14(2)16-13-15(26-3)8-9-17(16)27-4;/h6-9,12-14,22H,5,10-11H2,1-4H3,(H2,20,21,23);1H. The quantitative estimate of drug-likeness (QED) is 0.176. The number of hydrogen-bond donors (Lipinski definition) is 3. The molecule has 1 unspecified atom stereocenters. The Bertz CT molecular complexity index is 905. The highest BCUT2D eigenvalue weighted by Gasteiger charge is 2.15. The Morgan fingerprint density at radius 2 is 2.00 bits per heavy atom. The van der Waals surface area contributed by atoms with Crippen LogP contribution in [0.2, 0.25) is 0 Å². The van der Waals surface area contributed by atoms with E-state index in [4.69, 9.17) is 9.47 Å². The van der Waals surface area contributed by atoms with Crippen molar-refractivity contribution in [2.24, 2.45) is 4.99 Å². The third-order valence-corrected chi connectivity index (χ3v) is 6.89. The van der Waals surface area contributed by atoms with Crippen molar-refractivity contribution in [1.82, 2.24) is 15.4 Å². The largest absolute Gasteiger partial charge is 0.497 e. The first kappa shape index (κ1) is 26.5. The molecule has 0 aliphatic heterocycles. The Morgan fingerprint density at radius 1 is 1.23 bits per heavy atom. The summed E-state index contributed by atoms with van der Waals surface area (Å²) in [5.41, 5.74) is 0.927. The summed E-state index contributed by atoms with van der Waals surface area (Å²) in [5.74, 6) is 2.06. The first-order chi connectivity index (χ1) is 13.9. The maximum atomic E-state index is 12.2. The Kier molecular flexibility index (Phi) is 11.4. The second-order valence-corrected chi connectivity index (χ2v) is 9.01. The molecule has 1 atom stereocenters. The minimum absolute atomic E-state index is 0. The lowest BCUT2D eigenvalue weighted by Crippen LogP contribution is -2.39. The van der Waals surface area contributed by atoms with Gasteiger partial charge in [0, 0.05) is 18.7 Å². The molecule has 0 saturated carbocycles. The van der Waals surface area contributed by atoms with Crippen molar-refractivity contribution < 1.29 is 17.9 Å². The highest BCUT2D eigenvalue weighted by molar-refractivity contribution is 14.0. The van der Waals surface area contributed by atoms with Gasteiger partial charge in [-0.15, -0.1) is 35.3 Å². The van der Waals surface area contributed by atoms with E-state index in [1.807, 2.05) is 32.0 Å². The third kappa shape index (κ3) is 7.60. The number of hydrogen-bond acceptors (Lipinski definition) is 6. The number of ether oxygens (including phenoxy) is 2. The summed E-state index contributed by atoms with van der Waals surface area (Å²) >= 11 is 1.18. The van der Waals surface area contributed by atoms with Gasteiger partial charge in [-0.25, -0.2) is 13.1 Å². The van der Waals surface area contributed by atoms with Gasteiger partial charge < -0.3 is 20.1 Å². The molecular weight excluding hydrogens is 539 g/mol. The molecule has 0 aliphatic rings. The lowest BCUT2D eigenvalue weighted by atomic mass is 10.1. The number of thiophene rings is 1. The summed E-state index contributed by atoms with van der Waals surface area (Å²) in [5, 5.41) is 8.21. The second kappa shape index (κ2) is 13.0. The summed E-state index contributed by atoms with van der Waals surface area (Å²) in [6, 6.07) is 8.78. The van der Waals surface area contributed by atoms with Gasteiger partial charge in [0.1, 0.15) is 15.7 Å². The molecule has 2 rings (SSSR count). The highest BCUT2D eigenvalue weighted by atomic mass is 127. The topological polar surface area (TPSA) is 101 Å². The third-order valence-electron chi connectivity index (χ3n) is 4.03. The fourth-order valence-electron chi connectivity index (χ4n) is 2.62. The van der Waals surface area contributed by atoms with Crippen LogP contribution in [0.25, 0.3) is 0 Å². The van der Waals surface area contributed by atoms with Crippen molar-refractivity contribution in [2.75, 3.05) is 33.9 Å². The molecule has 30 heavy (non-hydrogen) atoms. The van der Waals surface area contributed by atoms with Gasteiger partial charge in [0.05, 0.1) is 26.8 Å². The molecule has 0 radical (unpaired) electrons. The van der Waals surface area contributed by atoms with Crippen LogP contribution in [0, 0.1) is 0 Å². The smallest absolute Gasteiger partial charge is 0.250 e. The molecular formula is C19H29IN4O4S2. The average Bonchev–Trinajstić information content (AvgIpc) is 3.26. The number of nitrogens with one attached hydrogen (secondary N) is 3. The van der Waals surface area contributed by atoms with Gasteiger partial charge in [0.2, 0.25) is 10.0 Å². The first-order valence-corrected chi connectivity index (χ1v) is 11.6. The summed E-state index contributed by atoms with van der Waals surface area (Å²) in [7, 11) is -0.242. The number of guanidine groups is 1. The van der Waals surface area contributed by atoms with E-state index in [0.29, 0.717) is 23.3 Å². The fraction of sp³-hybridized carbons (Fsp3) is 0.421. The lowest BCUT2D eigenvalue weighted by Gasteiger charge is -2.20. The molecule has 11 heteroatoms. The Morgan fingerprint density at radius 3 is 2.60 bits per heavy atom. The van der Waals surface area contributed by atoms with Gasteiger partial charge in [-0.05, 0) is 43.5 Å². The average molecular weight is 569 g/mol. The predicted molar refractivity (Wildman–Crippen MR) is 132 cm³/mol. The zero-order chi connectivity index (χ0) is 21.3. The molecule has 1 aromatic heterocycles. The highest BCUT2D eigenvalue weighted by Crippen LogP contribution is 2.29. The number of methoxy groups -OCH3 is 2. The SMILES string of the molecule is CCNC(=NCCNS(=O)(=O)c1cccs1)NC(C)c1cc(OC)ccc1OC.I. The molecule has 3 N–H and O–H groups in total. The minimum Gasteiger partial charge on any atom is -0.497 e. The second-order valence-electron chi connectivity index (χ2n) is 6.06. The van der Waals surface area contributed by atoms with Crippen molar-refractivity contribution in [2.45, 2.75) is 24.1 Å². The molecule has 8 nitrogen and oxygen atoms in total. The molecule has 0 saturated heterocycles. The Labute approximate surface area is 199 Å². The van der Waals surface area contributed by atoms with Crippen LogP contribution in [-0.2, 0) is 10.0 Å². The van der Waals surface area contributed by atoms with Crippen LogP contribution >= 0.6 is 35.3 Å². The maximum Gasteiger partial charge on any atom is 0.250 e. The number of rotatable bonds is 10. The molecule has 0 spiro atoms. The molecule has 2 aromatic rings. The van der Waals surface area contributed by atoms with Crippen molar-refractivity contribution in [3.8, 4) is 11.5 Å². The van der Waals surface area contributed by atoms with Crippen LogP contribution in [0.15, 0.2) is 44.9 Å². The molecule has 0 fully saturated rings. The number of sulfonamides is 1. The molecule has 1 aromatic carbocycles. The Balaban J connectivity index is 0.00000450. The van der Waals surface area contributed by atoms with E-state index in [9.17, 15) is 8.42 Å². The van der Waals surface area contributed by atoms with E-state index in [1.54, 1.807) is 31.7 Å².